The van der Waals surface area contributed by atoms with Crippen molar-refractivity contribution in [2.24, 2.45) is 5.73 Å². The number of aliphatic hydroxyl groups is 1. The van der Waals surface area contributed by atoms with Gasteiger partial charge in [-0.2, -0.15) is 0 Å². The van der Waals surface area contributed by atoms with Gasteiger partial charge in [-0.15, -0.1) is 0 Å². The smallest absolute Gasteiger partial charge is 0.414 e. The van der Waals surface area contributed by atoms with Gasteiger partial charge in [0.25, 0.3) is 0 Å². The van der Waals surface area contributed by atoms with Crippen LogP contribution in [0.1, 0.15) is 5.69 Å². The van der Waals surface area contributed by atoms with Gasteiger partial charge in [0.05, 0.1) is 24.5 Å². The fraction of sp³-hybridized carbons (Fsp3) is 0.250. The third-order valence-corrected chi connectivity index (χ3v) is 3.79. The van der Waals surface area contributed by atoms with Crippen LogP contribution in [0.5, 0.6) is 5.75 Å². The Labute approximate surface area is 137 Å². The molecular formula is C16H16FN3O4. The first-order valence-electron chi connectivity index (χ1n) is 7.30. The van der Waals surface area contributed by atoms with Crippen LogP contribution in [-0.4, -0.2) is 40.5 Å². The van der Waals surface area contributed by atoms with Crippen LogP contribution in [-0.2, 0) is 11.3 Å². The average molecular weight is 333 g/mol. The van der Waals surface area contributed by atoms with Crippen LogP contribution in [0.25, 0.3) is 11.1 Å². The number of pyridine rings is 1. The molecule has 0 spiro atoms. The number of nitrogens with zero attached hydrogens (tertiary/aromatic N) is 2. The molecule has 0 saturated carbocycles. The lowest BCUT2D eigenvalue weighted by molar-refractivity contribution is 0.0963. The first kappa shape index (κ1) is 16.2. The summed E-state index contributed by atoms with van der Waals surface area (Å²) >= 11 is 0. The maximum Gasteiger partial charge on any atom is 0.414 e. The third kappa shape index (κ3) is 2.89. The van der Waals surface area contributed by atoms with E-state index in [0.717, 1.165) is 0 Å². The van der Waals surface area contributed by atoms with Crippen molar-refractivity contribution >= 4 is 11.8 Å². The molecule has 1 aliphatic rings. The molecule has 1 amide bonds. The number of hydrogen-bond donors (Lipinski definition) is 3. The zero-order valence-corrected chi connectivity index (χ0v) is 12.6. The van der Waals surface area contributed by atoms with Gasteiger partial charge in [-0.3, -0.25) is 9.88 Å². The molecule has 1 fully saturated rings. The Morgan fingerprint density at radius 2 is 2.21 bits per heavy atom. The van der Waals surface area contributed by atoms with Gasteiger partial charge in [-0.1, -0.05) is 0 Å². The van der Waals surface area contributed by atoms with E-state index in [9.17, 15) is 14.3 Å². The number of hydrogen-bond acceptors (Lipinski definition) is 6. The molecule has 1 aliphatic heterocycles. The summed E-state index contributed by atoms with van der Waals surface area (Å²) < 4.78 is 19.4. The van der Waals surface area contributed by atoms with E-state index in [1.165, 1.54) is 29.3 Å². The highest BCUT2D eigenvalue weighted by molar-refractivity contribution is 5.90. The molecule has 1 aromatic heterocycles. The number of ether oxygens (including phenoxy) is 1. The first-order valence-corrected chi connectivity index (χ1v) is 7.30. The number of nitrogens with two attached hydrogens (primary N) is 1. The van der Waals surface area contributed by atoms with Crippen molar-refractivity contribution in [1.82, 2.24) is 4.98 Å². The van der Waals surface area contributed by atoms with Crippen molar-refractivity contribution in [3.63, 3.8) is 0 Å². The van der Waals surface area contributed by atoms with Gasteiger partial charge in [-0.05, 0) is 24.3 Å². The summed E-state index contributed by atoms with van der Waals surface area (Å²) in [5, 5.41) is 18.9. The second-order valence-corrected chi connectivity index (χ2v) is 5.36. The number of carbonyl (C=O) groups is 1. The van der Waals surface area contributed by atoms with Crippen molar-refractivity contribution in [2.45, 2.75) is 12.6 Å². The van der Waals surface area contributed by atoms with Crippen LogP contribution >= 0.6 is 0 Å². The maximum absolute atomic E-state index is 14.4. The number of rotatable bonds is 4. The van der Waals surface area contributed by atoms with E-state index in [1.54, 1.807) is 6.07 Å². The minimum Gasteiger partial charge on any atom is -0.506 e. The predicted molar refractivity (Wildman–Crippen MR) is 83.9 cm³/mol. The molecular weight excluding hydrogens is 317 g/mol. The van der Waals surface area contributed by atoms with Crippen molar-refractivity contribution in [1.29, 1.82) is 0 Å². The molecule has 126 valence electrons. The molecule has 2 heterocycles. The van der Waals surface area contributed by atoms with E-state index in [0.29, 0.717) is 16.9 Å². The van der Waals surface area contributed by atoms with Crippen LogP contribution in [0.2, 0.25) is 0 Å². The monoisotopic (exact) mass is 333 g/mol. The van der Waals surface area contributed by atoms with E-state index in [2.05, 4.69) is 4.98 Å². The molecule has 8 heteroatoms. The summed E-state index contributed by atoms with van der Waals surface area (Å²) in [5.41, 5.74) is 6.71. The molecule has 3 rings (SSSR count). The zero-order valence-electron chi connectivity index (χ0n) is 12.6. The molecule has 1 saturated heterocycles. The number of cyclic esters (lactones) is 1. The summed E-state index contributed by atoms with van der Waals surface area (Å²) in [7, 11) is 0. The minimum absolute atomic E-state index is 0.0800. The second-order valence-electron chi connectivity index (χ2n) is 5.36. The number of halogens is 1. The van der Waals surface area contributed by atoms with Gasteiger partial charge >= 0.3 is 6.09 Å². The molecule has 0 bridgehead atoms. The summed E-state index contributed by atoms with van der Waals surface area (Å²) in [6, 6.07) is 5.64. The Morgan fingerprint density at radius 3 is 2.79 bits per heavy atom. The Balaban J connectivity index is 1.90. The second kappa shape index (κ2) is 6.42. The van der Waals surface area contributed by atoms with Crippen molar-refractivity contribution in [3.05, 3.63) is 42.0 Å². The number of amides is 1. The maximum atomic E-state index is 14.4. The zero-order chi connectivity index (χ0) is 17.3. The van der Waals surface area contributed by atoms with E-state index < -0.39 is 18.0 Å². The van der Waals surface area contributed by atoms with Gasteiger partial charge in [0.2, 0.25) is 0 Å². The topological polar surface area (TPSA) is 109 Å². The summed E-state index contributed by atoms with van der Waals surface area (Å²) in [6.45, 7) is -0.0560. The third-order valence-electron chi connectivity index (χ3n) is 3.79. The van der Waals surface area contributed by atoms with Crippen LogP contribution in [0.3, 0.4) is 0 Å². The molecule has 0 aliphatic carbocycles. The highest BCUT2D eigenvalue weighted by Gasteiger charge is 2.32. The molecule has 0 radical (unpaired) electrons. The summed E-state index contributed by atoms with van der Waals surface area (Å²) in [4.78, 5) is 17.0. The van der Waals surface area contributed by atoms with Crippen LogP contribution in [0.4, 0.5) is 14.9 Å². The van der Waals surface area contributed by atoms with Gasteiger partial charge in [0.1, 0.15) is 17.7 Å². The molecule has 1 aromatic carbocycles. The van der Waals surface area contributed by atoms with E-state index in [4.69, 9.17) is 15.6 Å². The molecule has 7 nitrogen and oxygen atoms in total. The fourth-order valence-electron chi connectivity index (χ4n) is 2.52. The van der Waals surface area contributed by atoms with Crippen molar-refractivity contribution < 1.29 is 24.1 Å². The normalized spacial score (nSPS) is 17.2. The van der Waals surface area contributed by atoms with E-state index in [1.807, 2.05) is 0 Å². The number of benzene rings is 1. The van der Waals surface area contributed by atoms with Crippen molar-refractivity contribution in [3.8, 4) is 16.9 Å². The summed E-state index contributed by atoms with van der Waals surface area (Å²) in [5.74, 6) is -0.679. The Kier molecular flexibility index (Phi) is 4.32. The fourth-order valence-corrected chi connectivity index (χ4v) is 2.52. The molecule has 4 N–H and O–H groups in total. The number of aromatic hydroxyl groups is 1. The largest absolute Gasteiger partial charge is 0.506 e. The van der Waals surface area contributed by atoms with Crippen LogP contribution in [0, 0.1) is 5.82 Å². The molecule has 1 atom stereocenters. The predicted octanol–water partition coefficient (Wildman–Crippen LogP) is 1.37. The lowest BCUT2D eigenvalue weighted by Crippen LogP contribution is -2.25. The molecule has 0 unspecified atom stereocenters. The van der Waals surface area contributed by atoms with Gasteiger partial charge in [-0.25, -0.2) is 9.18 Å². The molecule has 24 heavy (non-hydrogen) atoms. The van der Waals surface area contributed by atoms with Crippen LogP contribution < -0.4 is 10.6 Å². The van der Waals surface area contributed by atoms with Crippen molar-refractivity contribution in [2.75, 3.05) is 18.1 Å². The average Bonchev–Trinajstić information content (AvgIpc) is 2.95. The highest BCUT2D eigenvalue weighted by atomic mass is 19.1. The van der Waals surface area contributed by atoms with Gasteiger partial charge in [0, 0.05) is 23.9 Å². The lowest BCUT2D eigenvalue weighted by Gasteiger charge is -2.14. The number of anilines is 1. The van der Waals surface area contributed by atoms with Crippen LogP contribution in [0.15, 0.2) is 30.5 Å². The standard InChI is InChI=1S/C16H16FN3O4/c17-13-4-10(20-7-11(8-21)24-16(20)23)1-2-12(13)9-3-15(22)14(5-18)19-6-9/h1-4,6,11,21-22H,5,7-8,18H2/t11-/m1/s1. The SMILES string of the molecule is NCc1ncc(-c2ccc(N3C[C@H](CO)OC3=O)cc2F)cc1O. The number of aliphatic hydroxyl groups excluding tert-OH is 1. The van der Waals surface area contributed by atoms with E-state index >= 15 is 0 Å². The lowest BCUT2D eigenvalue weighted by atomic mass is 10.1. The number of aromatic nitrogens is 1. The van der Waals surface area contributed by atoms with E-state index in [-0.39, 0.29) is 31.0 Å². The Morgan fingerprint density at radius 1 is 1.42 bits per heavy atom. The summed E-state index contributed by atoms with van der Waals surface area (Å²) in [6.07, 6.45) is 0.171. The highest BCUT2D eigenvalue weighted by Crippen LogP contribution is 2.30. The quantitative estimate of drug-likeness (QED) is 0.780. The number of carbonyl (C=O) groups excluding carboxylic acids is 1. The minimum atomic E-state index is -0.632. The van der Waals surface area contributed by atoms with Gasteiger partial charge in [0.15, 0.2) is 0 Å². The Bertz CT molecular complexity index is 784. The van der Waals surface area contributed by atoms with Gasteiger partial charge < -0.3 is 20.7 Å². The first-order chi connectivity index (χ1) is 11.5. The Hall–Kier alpha value is -2.71. The molecule has 2 aromatic rings.